The fraction of sp³-hybridized carbons (Fsp3) is 0. The van der Waals surface area contributed by atoms with Crippen molar-refractivity contribution in [1.29, 1.82) is 0 Å². The predicted molar refractivity (Wildman–Crippen MR) is 234 cm³/mol. The fourth-order valence-corrected chi connectivity index (χ4v) is 7.82. The molecule has 4 aromatic heterocycles. The lowest BCUT2D eigenvalue weighted by Gasteiger charge is -2.17. The summed E-state index contributed by atoms with van der Waals surface area (Å²) in [5, 5.41) is 0.746. The molecule has 6 nitrogen and oxygen atoms in total. The minimum Gasteiger partial charge on any atom is -0.309 e. The molecule has 0 N–H and O–H groups in total. The van der Waals surface area contributed by atoms with Gasteiger partial charge in [0.05, 0.1) is 60.7 Å². The fourth-order valence-electron chi connectivity index (χ4n) is 7.82. The standard InChI is InChI=1S/C51H32N6/c1-2-16-33(17-3-1)34-30-31-48(55-42-24-10-4-18-35(42)36-19-5-11-25-43(36)55)41(32-34)49-52-50(56-44-26-12-6-20-37(44)38-21-7-13-27-45(38)56)54-51(53-49)57-46-28-14-8-22-39(46)40-23-9-15-29-47(40)57/h1-32H/i6D,7D,8D,9D,12D,13D,14D,15D,20D,21D,22D,23D,26D,27D,28D,29D. The van der Waals surface area contributed by atoms with Crippen LogP contribution in [-0.2, 0) is 0 Å². The van der Waals surface area contributed by atoms with Gasteiger partial charge < -0.3 is 4.57 Å². The Morgan fingerprint density at radius 1 is 0.351 bits per heavy atom. The first kappa shape index (κ1) is 19.7. The maximum atomic E-state index is 9.34. The van der Waals surface area contributed by atoms with Crippen LogP contribution < -0.4 is 0 Å². The first-order valence-corrected chi connectivity index (χ1v) is 17.9. The molecular formula is C51H32N6. The average molecular weight is 745 g/mol. The van der Waals surface area contributed by atoms with Gasteiger partial charge in [-0.2, -0.15) is 15.0 Å². The quantitative estimate of drug-likeness (QED) is 0.176. The van der Waals surface area contributed by atoms with Crippen LogP contribution in [-0.4, -0.2) is 28.7 Å². The first-order chi connectivity index (χ1) is 34.9. The molecule has 57 heavy (non-hydrogen) atoms. The topological polar surface area (TPSA) is 53.5 Å². The number of fused-ring (bicyclic) bond motifs is 9. The van der Waals surface area contributed by atoms with Crippen LogP contribution in [0, 0.1) is 0 Å². The second-order valence-corrected chi connectivity index (χ2v) is 13.3. The van der Waals surface area contributed by atoms with Crippen LogP contribution in [0.4, 0.5) is 0 Å². The van der Waals surface area contributed by atoms with E-state index in [0.717, 1.165) is 36.5 Å². The molecule has 0 unspecified atom stereocenters. The first-order valence-electron chi connectivity index (χ1n) is 25.9. The van der Waals surface area contributed by atoms with Gasteiger partial charge in [0.1, 0.15) is 0 Å². The smallest absolute Gasteiger partial charge is 0.240 e. The third-order valence-corrected chi connectivity index (χ3v) is 10.2. The van der Waals surface area contributed by atoms with Crippen LogP contribution >= 0.6 is 0 Å². The van der Waals surface area contributed by atoms with E-state index in [1.54, 1.807) is 0 Å². The van der Waals surface area contributed by atoms with Crippen molar-refractivity contribution in [2.45, 2.75) is 0 Å². The molecule has 0 amide bonds. The molecular weight excluding hydrogens is 697 g/mol. The number of hydrogen-bond acceptors (Lipinski definition) is 3. The van der Waals surface area contributed by atoms with E-state index in [9.17, 15) is 5.48 Å². The number of aromatic nitrogens is 6. The van der Waals surface area contributed by atoms with Gasteiger partial charge in [-0.1, -0.05) is 145 Å². The minimum absolute atomic E-state index is 0.164. The van der Waals surface area contributed by atoms with Crippen molar-refractivity contribution in [3.05, 3.63) is 194 Å². The van der Waals surface area contributed by atoms with Crippen molar-refractivity contribution >= 4 is 65.4 Å². The van der Waals surface area contributed by atoms with E-state index in [1.165, 1.54) is 0 Å². The summed E-state index contributed by atoms with van der Waals surface area (Å²) < 4.78 is 148. The summed E-state index contributed by atoms with van der Waals surface area (Å²) in [4.78, 5) is 15.1. The van der Waals surface area contributed by atoms with Crippen molar-refractivity contribution in [3.63, 3.8) is 0 Å². The van der Waals surface area contributed by atoms with Crippen molar-refractivity contribution in [2.24, 2.45) is 0 Å². The SMILES string of the molecule is [2H]c1c([2H])c([2H])c2c(c1[2H])c1c([2H])c([2H])c([2H])c([2H])c1n2-c1nc(-c2cc(-c3ccccc3)ccc2-n2c3ccccc3c3ccccc32)nc(-n2c3c([2H])c([2H])c([2H])c([2H])c3c3c([2H])c([2H])c([2H])c([2H])c32)n1. The Bertz CT molecular complexity index is 4080. The minimum atomic E-state index is -0.704. The lowest BCUT2D eigenvalue weighted by molar-refractivity contribution is 0.892. The van der Waals surface area contributed by atoms with E-state index in [2.05, 4.69) is 0 Å². The van der Waals surface area contributed by atoms with Crippen LogP contribution in [0.15, 0.2) is 194 Å². The second-order valence-electron chi connectivity index (χ2n) is 13.3. The molecule has 0 aliphatic heterocycles. The Morgan fingerprint density at radius 3 is 1.28 bits per heavy atom. The maximum absolute atomic E-state index is 9.34. The van der Waals surface area contributed by atoms with Crippen molar-refractivity contribution in [2.75, 3.05) is 0 Å². The molecule has 0 saturated carbocycles. The third-order valence-electron chi connectivity index (χ3n) is 10.2. The predicted octanol–water partition coefficient (Wildman–Crippen LogP) is 12.5. The van der Waals surface area contributed by atoms with E-state index in [1.807, 2.05) is 102 Å². The maximum Gasteiger partial charge on any atom is 0.240 e. The number of hydrogen-bond donors (Lipinski definition) is 0. The van der Waals surface area contributed by atoms with Gasteiger partial charge in [0.15, 0.2) is 5.82 Å². The zero-order valence-corrected chi connectivity index (χ0v) is 29.4. The van der Waals surface area contributed by atoms with Crippen molar-refractivity contribution < 1.29 is 21.9 Å². The molecule has 0 aliphatic rings. The Balaban J connectivity index is 1.34. The van der Waals surface area contributed by atoms with Crippen LogP contribution in [0.3, 0.4) is 0 Å². The highest BCUT2D eigenvalue weighted by molar-refractivity contribution is 6.11. The summed E-state index contributed by atoms with van der Waals surface area (Å²) in [5.74, 6) is -1.13. The van der Waals surface area contributed by atoms with E-state index >= 15 is 0 Å². The summed E-state index contributed by atoms with van der Waals surface area (Å²) in [6.07, 6.45) is 0. The number of benzene rings is 8. The molecule has 0 atom stereocenters. The highest BCUT2D eigenvalue weighted by Gasteiger charge is 2.23. The number of nitrogens with zero attached hydrogens (tertiary/aromatic N) is 6. The monoisotopic (exact) mass is 744 g/mol. The molecule has 0 radical (unpaired) electrons. The van der Waals surface area contributed by atoms with Crippen LogP contribution in [0.5, 0.6) is 0 Å². The zero-order valence-electron chi connectivity index (χ0n) is 45.4. The van der Waals surface area contributed by atoms with Gasteiger partial charge in [-0.05, 0) is 59.6 Å². The molecule has 6 heteroatoms. The zero-order chi connectivity index (χ0) is 51.4. The van der Waals surface area contributed by atoms with Gasteiger partial charge in [0.2, 0.25) is 11.9 Å². The average Bonchev–Trinajstić information content (AvgIpc) is 4.08. The Kier molecular flexibility index (Phi) is 4.26. The molecule has 0 fully saturated rings. The Hall–Kier alpha value is -7.83. The second kappa shape index (κ2) is 12.3. The molecule has 0 saturated heterocycles. The van der Waals surface area contributed by atoms with Crippen molar-refractivity contribution in [1.82, 2.24) is 28.7 Å². The van der Waals surface area contributed by atoms with Gasteiger partial charge in [-0.25, -0.2) is 0 Å². The van der Waals surface area contributed by atoms with E-state index < -0.39 is 109 Å². The lowest BCUT2D eigenvalue weighted by atomic mass is 10.0. The third kappa shape index (κ3) is 4.74. The largest absolute Gasteiger partial charge is 0.309 e. The summed E-state index contributed by atoms with van der Waals surface area (Å²) in [6.45, 7) is 0. The van der Waals surface area contributed by atoms with Crippen LogP contribution in [0.25, 0.3) is 106 Å². The molecule has 266 valence electrons. The Morgan fingerprint density at radius 2 is 0.789 bits per heavy atom. The van der Waals surface area contributed by atoms with E-state index in [0.29, 0.717) is 16.8 Å². The summed E-state index contributed by atoms with van der Waals surface area (Å²) >= 11 is 0. The van der Waals surface area contributed by atoms with Gasteiger partial charge in [0.25, 0.3) is 0 Å². The highest BCUT2D eigenvalue weighted by Crippen LogP contribution is 2.39. The van der Waals surface area contributed by atoms with Gasteiger partial charge >= 0.3 is 0 Å². The molecule has 12 aromatic rings. The molecule has 12 rings (SSSR count). The normalized spacial score (nSPS) is 15.8. The molecule has 0 aliphatic carbocycles. The van der Waals surface area contributed by atoms with Crippen LogP contribution in [0.2, 0.25) is 0 Å². The number of rotatable bonds is 5. The van der Waals surface area contributed by atoms with Gasteiger partial charge in [-0.3, -0.25) is 9.13 Å². The van der Waals surface area contributed by atoms with Crippen LogP contribution in [0.1, 0.15) is 21.9 Å². The molecule has 4 heterocycles. The summed E-state index contributed by atoms with van der Waals surface area (Å²) in [6, 6.07) is 20.0. The van der Waals surface area contributed by atoms with Gasteiger partial charge in [-0.15, -0.1) is 0 Å². The van der Waals surface area contributed by atoms with E-state index in [4.69, 9.17) is 31.4 Å². The van der Waals surface area contributed by atoms with Crippen molar-refractivity contribution in [3.8, 4) is 40.1 Å². The Labute approximate surface area is 349 Å². The van der Waals surface area contributed by atoms with Gasteiger partial charge in [0, 0.05) is 37.9 Å². The summed E-state index contributed by atoms with van der Waals surface area (Å²) in [5.41, 5.74) is 2.55. The number of para-hydroxylation sites is 6. The molecule has 8 aromatic carbocycles. The summed E-state index contributed by atoms with van der Waals surface area (Å²) in [7, 11) is 0. The molecule has 0 bridgehead atoms. The van der Waals surface area contributed by atoms with E-state index in [-0.39, 0.29) is 49.4 Å². The molecule has 0 spiro atoms. The lowest BCUT2D eigenvalue weighted by Crippen LogP contribution is -2.11. The highest BCUT2D eigenvalue weighted by atomic mass is 15.3.